The fourth-order valence-corrected chi connectivity index (χ4v) is 3.18. The van der Waals surface area contributed by atoms with Gasteiger partial charge in [0.05, 0.1) is 11.6 Å². The number of hydrogen-bond donors (Lipinski definition) is 0. The highest BCUT2D eigenvalue weighted by atomic mass is 28.1. The van der Waals surface area contributed by atoms with E-state index in [0.717, 1.165) is 23.1 Å². The maximum absolute atomic E-state index is 12.5. The van der Waals surface area contributed by atoms with Crippen LogP contribution in [0.25, 0.3) is 0 Å². The molecule has 0 radical (unpaired) electrons. The monoisotopic (exact) mass is 314 g/mol. The Labute approximate surface area is 135 Å². The molecular weight excluding hydrogens is 276 g/mol. The standard InChI is InChI=1S/C18H38O2Si/c1-5-8-10-12-14-16(4)18(21,7-3)17(19)20-15-13-11-9-6-2/h16H,5-15H2,1-4,21H3. The molecule has 0 amide bonds. The largest absolute Gasteiger partial charge is 0.466 e. The van der Waals surface area contributed by atoms with Crippen LogP contribution in [0.15, 0.2) is 0 Å². The van der Waals surface area contributed by atoms with Crippen molar-refractivity contribution in [3.05, 3.63) is 0 Å². The molecule has 0 aromatic rings. The van der Waals surface area contributed by atoms with Crippen molar-refractivity contribution in [2.45, 2.75) is 96.9 Å². The maximum atomic E-state index is 12.5. The lowest BCUT2D eigenvalue weighted by Crippen LogP contribution is -2.32. The van der Waals surface area contributed by atoms with Crippen molar-refractivity contribution in [2.75, 3.05) is 6.61 Å². The normalized spacial score (nSPS) is 15.6. The van der Waals surface area contributed by atoms with Crippen LogP contribution in [0.4, 0.5) is 0 Å². The Morgan fingerprint density at radius 3 is 2.10 bits per heavy atom. The third-order valence-corrected chi connectivity index (χ3v) is 7.11. The molecule has 2 atom stereocenters. The minimum absolute atomic E-state index is 0.0798. The molecule has 3 heteroatoms. The molecule has 0 heterocycles. The summed E-state index contributed by atoms with van der Waals surface area (Å²) in [6.45, 7) is 9.45. The molecule has 21 heavy (non-hydrogen) atoms. The molecular formula is C18H38O2Si. The highest BCUT2D eigenvalue weighted by molar-refractivity contribution is 6.27. The summed E-state index contributed by atoms with van der Waals surface area (Å²) in [5.74, 6) is 0.547. The van der Waals surface area contributed by atoms with E-state index in [2.05, 4.69) is 27.7 Å². The fraction of sp³-hybridized carbons (Fsp3) is 0.944. The first-order chi connectivity index (χ1) is 10.0. The van der Waals surface area contributed by atoms with E-state index >= 15 is 0 Å². The Balaban J connectivity index is 4.17. The summed E-state index contributed by atoms with van der Waals surface area (Å²) in [5, 5.41) is -0.170. The van der Waals surface area contributed by atoms with Gasteiger partial charge in [-0.05, 0) is 25.2 Å². The van der Waals surface area contributed by atoms with E-state index in [0.29, 0.717) is 12.5 Å². The second-order valence-corrected chi connectivity index (χ2v) is 8.50. The van der Waals surface area contributed by atoms with Gasteiger partial charge in [-0.3, -0.25) is 4.79 Å². The fourth-order valence-electron chi connectivity index (χ4n) is 2.75. The lowest BCUT2D eigenvalue weighted by molar-refractivity contribution is -0.149. The van der Waals surface area contributed by atoms with Gasteiger partial charge >= 0.3 is 5.97 Å². The topological polar surface area (TPSA) is 26.3 Å². The quantitative estimate of drug-likeness (QED) is 0.281. The van der Waals surface area contributed by atoms with Crippen molar-refractivity contribution in [1.82, 2.24) is 0 Å². The molecule has 2 nitrogen and oxygen atoms in total. The molecule has 0 saturated carbocycles. The number of carbonyl (C=O) groups is 1. The van der Waals surface area contributed by atoms with E-state index in [1.165, 1.54) is 51.4 Å². The summed E-state index contributed by atoms with van der Waals surface area (Å²) in [6, 6.07) is 0. The van der Waals surface area contributed by atoms with Crippen molar-refractivity contribution in [1.29, 1.82) is 0 Å². The molecule has 0 fully saturated rings. The first-order valence-corrected chi connectivity index (χ1v) is 10.2. The van der Waals surface area contributed by atoms with Gasteiger partial charge in [-0.25, -0.2) is 0 Å². The van der Waals surface area contributed by atoms with Crippen molar-refractivity contribution < 1.29 is 9.53 Å². The van der Waals surface area contributed by atoms with Gasteiger partial charge in [0, 0.05) is 10.2 Å². The van der Waals surface area contributed by atoms with E-state index in [9.17, 15) is 4.79 Å². The van der Waals surface area contributed by atoms with Crippen LogP contribution in [0, 0.1) is 5.92 Å². The second kappa shape index (κ2) is 12.3. The highest BCUT2D eigenvalue weighted by Crippen LogP contribution is 2.40. The molecule has 0 aliphatic carbocycles. The van der Waals surface area contributed by atoms with Crippen LogP contribution in [0.5, 0.6) is 0 Å². The minimum Gasteiger partial charge on any atom is -0.466 e. The van der Waals surface area contributed by atoms with E-state index in [1.54, 1.807) is 0 Å². The molecule has 0 aromatic carbocycles. The minimum atomic E-state index is -0.170. The zero-order valence-electron chi connectivity index (χ0n) is 15.2. The van der Waals surface area contributed by atoms with Gasteiger partial charge in [0.15, 0.2) is 0 Å². The van der Waals surface area contributed by atoms with E-state index in [4.69, 9.17) is 4.74 Å². The number of rotatable bonds is 13. The van der Waals surface area contributed by atoms with Gasteiger partial charge in [-0.15, -0.1) is 0 Å². The van der Waals surface area contributed by atoms with E-state index < -0.39 is 0 Å². The highest BCUT2D eigenvalue weighted by Gasteiger charge is 2.37. The number of unbranched alkanes of at least 4 members (excludes halogenated alkanes) is 6. The lowest BCUT2D eigenvalue weighted by atomic mass is 9.86. The van der Waals surface area contributed by atoms with E-state index in [-0.39, 0.29) is 11.0 Å². The summed E-state index contributed by atoms with van der Waals surface area (Å²) in [7, 11) is 0.901. The van der Waals surface area contributed by atoms with Gasteiger partial charge in [-0.2, -0.15) is 0 Å². The molecule has 2 unspecified atom stereocenters. The third-order valence-electron chi connectivity index (χ3n) is 5.01. The number of esters is 1. The van der Waals surface area contributed by atoms with Crippen molar-refractivity contribution in [3.63, 3.8) is 0 Å². The van der Waals surface area contributed by atoms with Crippen molar-refractivity contribution in [2.24, 2.45) is 5.92 Å². The van der Waals surface area contributed by atoms with Gasteiger partial charge in [0.25, 0.3) is 0 Å². The van der Waals surface area contributed by atoms with Crippen LogP contribution in [-0.2, 0) is 9.53 Å². The zero-order chi connectivity index (χ0) is 16.1. The first-order valence-electron chi connectivity index (χ1n) is 9.20. The Morgan fingerprint density at radius 2 is 1.57 bits per heavy atom. The maximum Gasteiger partial charge on any atom is 0.308 e. The molecule has 0 bridgehead atoms. The summed E-state index contributed by atoms with van der Waals surface area (Å²) in [4.78, 5) is 12.5. The van der Waals surface area contributed by atoms with Crippen LogP contribution >= 0.6 is 0 Å². The van der Waals surface area contributed by atoms with Gasteiger partial charge in [0.2, 0.25) is 0 Å². The molecule has 0 aliphatic heterocycles. The molecule has 0 rings (SSSR count). The Hall–Kier alpha value is -0.313. The van der Waals surface area contributed by atoms with Crippen LogP contribution in [0.2, 0.25) is 5.04 Å². The number of hydrogen-bond acceptors (Lipinski definition) is 2. The predicted molar refractivity (Wildman–Crippen MR) is 95.9 cm³/mol. The van der Waals surface area contributed by atoms with Crippen LogP contribution < -0.4 is 0 Å². The Bertz CT molecular complexity index is 268. The van der Waals surface area contributed by atoms with Gasteiger partial charge in [-0.1, -0.05) is 72.6 Å². The lowest BCUT2D eigenvalue weighted by Gasteiger charge is -2.32. The van der Waals surface area contributed by atoms with Crippen LogP contribution in [0.1, 0.15) is 91.9 Å². The molecule has 126 valence electrons. The van der Waals surface area contributed by atoms with Crippen LogP contribution in [0.3, 0.4) is 0 Å². The smallest absolute Gasteiger partial charge is 0.308 e. The summed E-state index contributed by atoms with van der Waals surface area (Å²) in [5.41, 5.74) is 0. The molecule has 0 saturated heterocycles. The molecule has 0 aliphatic rings. The molecule has 0 aromatic heterocycles. The number of ether oxygens (including phenoxy) is 1. The average molecular weight is 315 g/mol. The first kappa shape index (κ1) is 20.7. The average Bonchev–Trinajstić information content (AvgIpc) is 2.50. The summed E-state index contributed by atoms with van der Waals surface area (Å²) in [6.07, 6.45) is 11.9. The van der Waals surface area contributed by atoms with Gasteiger partial charge in [0.1, 0.15) is 0 Å². The summed E-state index contributed by atoms with van der Waals surface area (Å²) >= 11 is 0. The SMILES string of the molecule is CCCCCCOC(=O)C([SiH3])(CC)C(C)CCCCCC. The second-order valence-electron chi connectivity index (χ2n) is 6.72. The number of carbonyl (C=O) groups excluding carboxylic acids is 1. The van der Waals surface area contributed by atoms with E-state index in [1.807, 2.05) is 0 Å². The Morgan fingerprint density at radius 1 is 1.00 bits per heavy atom. The molecule has 0 N–H and O–H groups in total. The predicted octanol–water partition coefficient (Wildman–Crippen LogP) is 4.65. The Kier molecular flexibility index (Phi) is 12.1. The van der Waals surface area contributed by atoms with Crippen LogP contribution in [-0.4, -0.2) is 22.8 Å². The van der Waals surface area contributed by atoms with Gasteiger partial charge < -0.3 is 4.74 Å². The zero-order valence-corrected chi connectivity index (χ0v) is 17.2. The molecule has 0 spiro atoms. The van der Waals surface area contributed by atoms with Crippen molar-refractivity contribution in [3.8, 4) is 0 Å². The van der Waals surface area contributed by atoms with Crippen molar-refractivity contribution >= 4 is 16.2 Å². The third kappa shape index (κ3) is 8.03. The summed E-state index contributed by atoms with van der Waals surface area (Å²) < 4.78 is 5.59.